The number of nitrogens with one attached hydrogen (secondary N) is 1. The van der Waals surface area contributed by atoms with Crippen LogP contribution in [0.4, 0.5) is 11.4 Å². The van der Waals surface area contributed by atoms with Crippen LogP contribution in [-0.2, 0) is 0 Å². The van der Waals surface area contributed by atoms with E-state index in [9.17, 15) is 0 Å². The molecular formula is C17H20N2. The summed E-state index contributed by atoms with van der Waals surface area (Å²) in [5, 5.41) is 3.50. The Kier molecular flexibility index (Phi) is 3.41. The Morgan fingerprint density at radius 3 is 2.63 bits per heavy atom. The third-order valence-corrected chi connectivity index (χ3v) is 3.95. The van der Waals surface area contributed by atoms with Gasteiger partial charge < -0.3 is 10.2 Å². The zero-order valence-electron chi connectivity index (χ0n) is 11.3. The van der Waals surface area contributed by atoms with Crippen molar-refractivity contribution in [3.63, 3.8) is 0 Å². The van der Waals surface area contributed by atoms with Crippen LogP contribution in [0.2, 0.25) is 0 Å². The van der Waals surface area contributed by atoms with Crippen molar-refractivity contribution in [1.29, 1.82) is 0 Å². The Labute approximate surface area is 115 Å². The Balaban J connectivity index is 1.62. The summed E-state index contributed by atoms with van der Waals surface area (Å²) in [5.41, 5.74) is 4.08. The van der Waals surface area contributed by atoms with Gasteiger partial charge in [-0.2, -0.15) is 0 Å². The van der Waals surface area contributed by atoms with Crippen LogP contribution in [-0.4, -0.2) is 20.1 Å². The van der Waals surface area contributed by atoms with E-state index in [1.807, 2.05) is 0 Å². The molecule has 1 atom stereocenters. The van der Waals surface area contributed by atoms with Crippen molar-refractivity contribution in [2.75, 3.05) is 30.4 Å². The number of benzene rings is 2. The first kappa shape index (κ1) is 12.1. The van der Waals surface area contributed by atoms with Crippen LogP contribution in [0.3, 0.4) is 0 Å². The number of rotatable bonds is 4. The van der Waals surface area contributed by atoms with Crippen molar-refractivity contribution in [3.8, 4) is 0 Å². The van der Waals surface area contributed by atoms with E-state index in [0.717, 1.165) is 13.1 Å². The highest BCUT2D eigenvalue weighted by Crippen LogP contribution is 2.33. The first-order valence-corrected chi connectivity index (χ1v) is 6.93. The summed E-state index contributed by atoms with van der Waals surface area (Å²) in [6.07, 6.45) is 1.19. The normalized spacial score (nSPS) is 16.8. The van der Waals surface area contributed by atoms with Gasteiger partial charge in [-0.3, -0.25) is 0 Å². The number of hydrogen-bond donors (Lipinski definition) is 1. The van der Waals surface area contributed by atoms with Gasteiger partial charge in [-0.15, -0.1) is 0 Å². The van der Waals surface area contributed by atoms with Crippen LogP contribution in [0, 0.1) is 0 Å². The van der Waals surface area contributed by atoms with Crippen LogP contribution in [0.15, 0.2) is 54.6 Å². The Hall–Kier alpha value is -1.96. The Morgan fingerprint density at radius 1 is 1.05 bits per heavy atom. The minimum Gasteiger partial charge on any atom is -0.384 e. The highest BCUT2D eigenvalue weighted by atomic mass is 15.1. The van der Waals surface area contributed by atoms with Gasteiger partial charge in [0.1, 0.15) is 0 Å². The van der Waals surface area contributed by atoms with Crippen LogP contribution < -0.4 is 10.2 Å². The van der Waals surface area contributed by atoms with Crippen LogP contribution >= 0.6 is 0 Å². The molecule has 0 amide bonds. The van der Waals surface area contributed by atoms with Crippen molar-refractivity contribution in [2.24, 2.45) is 0 Å². The van der Waals surface area contributed by atoms with Crippen molar-refractivity contribution in [3.05, 3.63) is 60.2 Å². The maximum absolute atomic E-state index is 3.50. The Bertz CT molecular complexity index is 536. The van der Waals surface area contributed by atoms with Crippen molar-refractivity contribution in [2.45, 2.75) is 12.3 Å². The maximum Gasteiger partial charge on any atom is 0.0376 e. The number of nitrogens with zero attached hydrogens (tertiary/aromatic N) is 1. The standard InChI is InChI=1S/C17H20N2/c1-19(15-7-3-2-4-8-15)12-11-14-13-18-17-10-6-5-9-16(14)17/h2-10,14,18H,11-13H2,1H3. The van der Waals surface area contributed by atoms with E-state index >= 15 is 0 Å². The van der Waals surface area contributed by atoms with Gasteiger partial charge in [-0.05, 0) is 30.2 Å². The summed E-state index contributed by atoms with van der Waals surface area (Å²) in [7, 11) is 2.17. The fraction of sp³-hybridized carbons (Fsp3) is 0.294. The molecule has 0 spiro atoms. The second-order valence-electron chi connectivity index (χ2n) is 5.21. The van der Waals surface area contributed by atoms with Gasteiger partial charge in [-0.25, -0.2) is 0 Å². The molecule has 2 aromatic rings. The minimum absolute atomic E-state index is 0.641. The van der Waals surface area contributed by atoms with Gasteiger partial charge in [0.2, 0.25) is 0 Å². The van der Waals surface area contributed by atoms with Gasteiger partial charge in [0.05, 0.1) is 0 Å². The molecule has 0 bridgehead atoms. The molecular weight excluding hydrogens is 232 g/mol. The molecule has 0 saturated heterocycles. The molecule has 19 heavy (non-hydrogen) atoms. The van der Waals surface area contributed by atoms with Crippen LogP contribution in [0.25, 0.3) is 0 Å². The molecule has 1 aliphatic heterocycles. The predicted molar refractivity (Wildman–Crippen MR) is 82.0 cm³/mol. The molecule has 0 aliphatic carbocycles. The summed E-state index contributed by atoms with van der Waals surface area (Å²) in [5.74, 6) is 0.641. The van der Waals surface area contributed by atoms with E-state index in [0.29, 0.717) is 5.92 Å². The maximum atomic E-state index is 3.50. The lowest BCUT2D eigenvalue weighted by Gasteiger charge is -2.21. The summed E-state index contributed by atoms with van der Waals surface area (Å²) in [6, 6.07) is 19.3. The third-order valence-electron chi connectivity index (χ3n) is 3.95. The van der Waals surface area contributed by atoms with Crippen molar-refractivity contribution in [1.82, 2.24) is 0 Å². The smallest absolute Gasteiger partial charge is 0.0376 e. The molecule has 2 nitrogen and oxygen atoms in total. The van der Waals surface area contributed by atoms with Crippen LogP contribution in [0.5, 0.6) is 0 Å². The third kappa shape index (κ3) is 2.58. The second-order valence-corrected chi connectivity index (χ2v) is 5.21. The highest BCUT2D eigenvalue weighted by molar-refractivity contribution is 5.57. The molecule has 0 aromatic heterocycles. The lowest BCUT2D eigenvalue weighted by atomic mass is 9.98. The van der Waals surface area contributed by atoms with E-state index in [1.54, 1.807) is 0 Å². The van der Waals surface area contributed by atoms with Gasteiger partial charge in [0, 0.05) is 37.4 Å². The SMILES string of the molecule is CN(CCC1CNc2ccccc21)c1ccccc1. The fourth-order valence-corrected chi connectivity index (χ4v) is 2.78. The average Bonchev–Trinajstić information content (AvgIpc) is 2.89. The summed E-state index contributed by atoms with van der Waals surface area (Å²) < 4.78 is 0. The molecule has 0 radical (unpaired) electrons. The molecule has 1 heterocycles. The van der Waals surface area contributed by atoms with Gasteiger partial charge in [0.25, 0.3) is 0 Å². The lowest BCUT2D eigenvalue weighted by molar-refractivity contribution is 0.667. The monoisotopic (exact) mass is 252 g/mol. The molecule has 98 valence electrons. The van der Waals surface area contributed by atoms with Gasteiger partial charge >= 0.3 is 0 Å². The predicted octanol–water partition coefficient (Wildman–Crippen LogP) is 3.72. The van der Waals surface area contributed by atoms with Gasteiger partial charge in [-0.1, -0.05) is 36.4 Å². The highest BCUT2D eigenvalue weighted by Gasteiger charge is 2.21. The molecule has 2 heteroatoms. The van der Waals surface area contributed by atoms with Crippen molar-refractivity contribution >= 4 is 11.4 Å². The van der Waals surface area contributed by atoms with Crippen LogP contribution in [0.1, 0.15) is 17.9 Å². The quantitative estimate of drug-likeness (QED) is 0.892. The minimum atomic E-state index is 0.641. The van der Waals surface area contributed by atoms with Crippen molar-refractivity contribution < 1.29 is 0 Å². The topological polar surface area (TPSA) is 15.3 Å². The summed E-state index contributed by atoms with van der Waals surface area (Å²) >= 11 is 0. The Morgan fingerprint density at radius 2 is 1.79 bits per heavy atom. The number of para-hydroxylation sites is 2. The molecule has 3 rings (SSSR count). The molecule has 0 saturated carbocycles. The zero-order chi connectivity index (χ0) is 13.1. The fourth-order valence-electron chi connectivity index (χ4n) is 2.78. The van der Waals surface area contributed by atoms with E-state index in [2.05, 4.69) is 71.9 Å². The van der Waals surface area contributed by atoms with E-state index in [4.69, 9.17) is 0 Å². The van der Waals surface area contributed by atoms with E-state index in [1.165, 1.54) is 23.4 Å². The molecule has 1 aliphatic rings. The number of hydrogen-bond acceptors (Lipinski definition) is 2. The largest absolute Gasteiger partial charge is 0.384 e. The molecule has 1 unspecified atom stereocenters. The first-order chi connectivity index (χ1) is 9.34. The van der Waals surface area contributed by atoms with Gasteiger partial charge in [0.15, 0.2) is 0 Å². The summed E-state index contributed by atoms with van der Waals surface area (Å²) in [4.78, 5) is 2.33. The molecule has 2 aromatic carbocycles. The molecule has 0 fully saturated rings. The average molecular weight is 252 g/mol. The zero-order valence-corrected chi connectivity index (χ0v) is 11.3. The number of anilines is 2. The second kappa shape index (κ2) is 5.35. The van der Waals surface area contributed by atoms with E-state index in [-0.39, 0.29) is 0 Å². The lowest BCUT2D eigenvalue weighted by Crippen LogP contribution is -2.20. The first-order valence-electron chi connectivity index (χ1n) is 6.93. The number of fused-ring (bicyclic) bond motifs is 1. The molecule has 1 N–H and O–H groups in total. The van der Waals surface area contributed by atoms with E-state index < -0.39 is 0 Å². The summed E-state index contributed by atoms with van der Waals surface area (Å²) in [6.45, 7) is 2.16.